The molecule has 36 heavy (non-hydrogen) atoms. The van der Waals surface area contributed by atoms with Gasteiger partial charge >= 0.3 is 0 Å². The summed E-state index contributed by atoms with van der Waals surface area (Å²) in [7, 11) is 0. The molecule has 0 unspecified atom stereocenters. The quantitative estimate of drug-likeness (QED) is 0.304. The minimum absolute atomic E-state index is 0.0669. The highest BCUT2D eigenvalue weighted by Crippen LogP contribution is 2.41. The SMILES string of the molecule is C=CCOc1ccc(CCC2CCC(c3ccc(C4CCC(OCC)CC4)c(F)c3F)CC2)cc1F. The van der Waals surface area contributed by atoms with E-state index in [2.05, 4.69) is 6.58 Å². The van der Waals surface area contributed by atoms with E-state index in [1.54, 1.807) is 18.2 Å². The monoisotopic (exact) mass is 500 g/mol. The lowest BCUT2D eigenvalue weighted by Crippen LogP contribution is -2.22. The van der Waals surface area contributed by atoms with Crippen LogP contribution in [0.25, 0.3) is 0 Å². The molecule has 0 aliphatic heterocycles. The Labute approximate surface area is 213 Å². The van der Waals surface area contributed by atoms with Gasteiger partial charge in [-0.2, -0.15) is 0 Å². The van der Waals surface area contributed by atoms with E-state index in [1.807, 2.05) is 25.1 Å². The first kappa shape index (κ1) is 26.8. The first-order chi connectivity index (χ1) is 17.5. The van der Waals surface area contributed by atoms with E-state index in [0.29, 0.717) is 23.7 Å². The summed E-state index contributed by atoms with van der Waals surface area (Å²) in [6.07, 6.45) is 10.8. The molecule has 0 bridgehead atoms. The highest BCUT2D eigenvalue weighted by atomic mass is 19.2. The molecule has 5 heteroatoms. The Morgan fingerprint density at radius 2 is 1.47 bits per heavy atom. The molecule has 0 atom stereocenters. The third kappa shape index (κ3) is 6.53. The minimum atomic E-state index is -0.642. The Morgan fingerprint density at radius 1 is 0.861 bits per heavy atom. The lowest BCUT2D eigenvalue weighted by molar-refractivity contribution is 0.0325. The second-order valence-electron chi connectivity index (χ2n) is 10.4. The molecule has 2 aromatic rings. The molecule has 0 heterocycles. The van der Waals surface area contributed by atoms with Gasteiger partial charge in [-0.3, -0.25) is 0 Å². The molecule has 0 saturated heterocycles. The maximum atomic E-state index is 15.2. The van der Waals surface area contributed by atoms with Crippen LogP contribution < -0.4 is 4.74 Å². The molecule has 2 saturated carbocycles. The Bertz CT molecular complexity index is 1010. The maximum Gasteiger partial charge on any atom is 0.165 e. The lowest BCUT2D eigenvalue weighted by Gasteiger charge is -2.31. The van der Waals surface area contributed by atoms with Gasteiger partial charge in [-0.1, -0.05) is 30.9 Å². The van der Waals surface area contributed by atoms with Crippen LogP contribution in [0.5, 0.6) is 5.75 Å². The fourth-order valence-corrected chi connectivity index (χ4v) is 6.08. The zero-order valence-corrected chi connectivity index (χ0v) is 21.4. The molecular formula is C31H39F3O2. The first-order valence-corrected chi connectivity index (χ1v) is 13.6. The summed E-state index contributed by atoms with van der Waals surface area (Å²) < 4.78 is 55.5. The highest BCUT2D eigenvalue weighted by molar-refractivity contribution is 5.32. The van der Waals surface area contributed by atoms with E-state index in [0.717, 1.165) is 69.8 Å². The van der Waals surface area contributed by atoms with Crippen LogP contribution in [0.15, 0.2) is 43.0 Å². The van der Waals surface area contributed by atoms with Gasteiger partial charge in [0.1, 0.15) is 6.61 Å². The second kappa shape index (κ2) is 12.8. The average Bonchev–Trinajstić information content (AvgIpc) is 2.90. The van der Waals surface area contributed by atoms with E-state index in [9.17, 15) is 4.39 Å². The molecule has 0 N–H and O–H groups in total. The summed E-state index contributed by atoms with van der Waals surface area (Å²) in [6.45, 7) is 6.55. The van der Waals surface area contributed by atoms with E-state index < -0.39 is 11.6 Å². The highest BCUT2D eigenvalue weighted by Gasteiger charge is 2.29. The Hall–Kier alpha value is -2.27. The van der Waals surface area contributed by atoms with Gasteiger partial charge in [0.2, 0.25) is 0 Å². The van der Waals surface area contributed by atoms with Gasteiger partial charge in [0.05, 0.1) is 6.10 Å². The van der Waals surface area contributed by atoms with Crippen LogP contribution in [0.2, 0.25) is 0 Å². The molecule has 0 amide bonds. The van der Waals surface area contributed by atoms with Gasteiger partial charge in [-0.15, -0.1) is 0 Å². The fraction of sp³-hybridized carbons (Fsp3) is 0.548. The molecule has 0 spiro atoms. The largest absolute Gasteiger partial charge is 0.486 e. The number of halogens is 3. The molecule has 0 radical (unpaired) electrons. The van der Waals surface area contributed by atoms with Crippen molar-refractivity contribution in [2.45, 2.75) is 89.1 Å². The summed E-state index contributed by atoms with van der Waals surface area (Å²) in [5, 5.41) is 0. The van der Waals surface area contributed by atoms with Crippen LogP contribution in [0, 0.1) is 23.4 Å². The molecule has 0 aromatic heterocycles. The average molecular weight is 501 g/mol. The van der Waals surface area contributed by atoms with Crippen LogP contribution in [0.4, 0.5) is 13.2 Å². The number of benzene rings is 2. The standard InChI is InChI=1S/C31H39F3O2/c1-3-19-36-29-18-9-22(20-28(29)32)6-5-21-7-10-23(11-8-21)26-16-17-27(31(34)30(26)33)24-12-14-25(15-13-24)35-4-2/h3,9,16-18,20-21,23-25H,1,4-8,10-15,19H2,2H3. The molecular weight excluding hydrogens is 461 g/mol. The third-order valence-corrected chi connectivity index (χ3v) is 8.14. The first-order valence-electron chi connectivity index (χ1n) is 13.6. The predicted molar refractivity (Wildman–Crippen MR) is 138 cm³/mol. The molecule has 196 valence electrons. The molecule has 2 aliphatic carbocycles. The third-order valence-electron chi connectivity index (χ3n) is 8.14. The molecule has 2 aromatic carbocycles. The van der Waals surface area contributed by atoms with Crippen molar-refractivity contribution in [3.63, 3.8) is 0 Å². The summed E-state index contributed by atoms with van der Waals surface area (Å²) >= 11 is 0. The Morgan fingerprint density at radius 3 is 2.03 bits per heavy atom. The summed E-state index contributed by atoms with van der Waals surface area (Å²) in [5.41, 5.74) is 2.03. The van der Waals surface area contributed by atoms with Crippen molar-refractivity contribution in [2.24, 2.45) is 5.92 Å². The Balaban J connectivity index is 1.29. The minimum Gasteiger partial charge on any atom is -0.486 e. The topological polar surface area (TPSA) is 18.5 Å². The van der Waals surface area contributed by atoms with Gasteiger partial charge in [-0.25, -0.2) is 13.2 Å². The van der Waals surface area contributed by atoms with Gasteiger partial charge in [0.25, 0.3) is 0 Å². The van der Waals surface area contributed by atoms with Crippen molar-refractivity contribution in [2.75, 3.05) is 13.2 Å². The van der Waals surface area contributed by atoms with Crippen molar-refractivity contribution in [1.29, 1.82) is 0 Å². The number of hydrogen-bond acceptors (Lipinski definition) is 2. The van der Waals surface area contributed by atoms with Crippen LogP contribution >= 0.6 is 0 Å². The van der Waals surface area contributed by atoms with E-state index in [4.69, 9.17) is 9.47 Å². The summed E-state index contributed by atoms with van der Waals surface area (Å²) in [5.74, 6) is -0.715. The number of rotatable bonds is 10. The van der Waals surface area contributed by atoms with Crippen LogP contribution in [-0.4, -0.2) is 19.3 Å². The van der Waals surface area contributed by atoms with Crippen LogP contribution in [-0.2, 0) is 11.2 Å². The number of hydrogen-bond donors (Lipinski definition) is 0. The summed E-state index contributed by atoms with van der Waals surface area (Å²) in [4.78, 5) is 0. The van der Waals surface area contributed by atoms with Crippen LogP contribution in [0.1, 0.15) is 93.2 Å². The summed E-state index contributed by atoms with van der Waals surface area (Å²) in [6, 6.07) is 8.81. The van der Waals surface area contributed by atoms with Crippen molar-refractivity contribution >= 4 is 0 Å². The maximum absolute atomic E-state index is 15.2. The second-order valence-corrected chi connectivity index (χ2v) is 10.4. The zero-order valence-electron chi connectivity index (χ0n) is 21.4. The van der Waals surface area contributed by atoms with Gasteiger partial charge < -0.3 is 9.47 Å². The van der Waals surface area contributed by atoms with Crippen molar-refractivity contribution < 1.29 is 22.6 Å². The number of ether oxygens (including phenoxy) is 2. The smallest absolute Gasteiger partial charge is 0.165 e. The lowest BCUT2D eigenvalue weighted by atomic mass is 9.76. The van der Waals surface area contributed by atoms with E-state index in [-0.39, 0.29) is 36.1 Å². The van der Waals surface area contributed by atoms with Gasteiger partial charge in [0, 0.05) is 6.61 Å². The van der Waals surface area contributed by atoms with Crippen molar-refractivity contribution in [3.8, 4) is 5.75 Å². The van der Waals surface area contributed by atoms with Crippen molar-refractivity contribution in [1.82, 2.24) is 0 Å². The molecule has 2 nitrogen and oxygen atoms in total. The van der Waals surface area contributed by atoms with E-state index in [1.165, 1.54) is 0 Å². The number of aryl methyl sites for hydroxylation is 1. The van der Waals surface area contributed by atoms with Crippen LogP contribution in [0.3, 0.4) is 0 Å². The normalized spacial score (nSPS) is 24.4. The fourth-order valence-electron chi connectivity index (χ4n) is 6.08. The molecule has 2 fully saturated rings. The molecule has 4 rings (SSSR count). The Kier molecular flexibility index (Phi) is 9.53. The van der Waals surface area contributed by atoms with Crippen molar-refractivity contribution in [3.05, 3.63) is 77.1 Å². The zero-order chi connectivity index (χ0) is 25.5. The van der Waals surface area contributed by atoms with Gasteiger partial charge in [-0.05, 0) is 118 Å². The predicted octanol–water partition coefficient (Wildman–Crippen LogP) is 8.64. The van der Waals surface area contributed by atoms with E-state index >= 15 is 8.78 Å². The molecule has 2 aliphatic rings. The van der Waals surface area contributed by atoms with Gasteiger partial charge in [0.15, 0.2) is 23.2 Å².